The molecule has 0 aliphatic rings. The fourth-order valence-electron chi connectivity index (χ4n) is 3.07. The number of benzene rings is 2. The zero-order valence-corrected chi connectivity index (χ0v) is 15.4. The van der Waals surface area contributed by atoms with E-state index in [0.29, 0.717) is 18.7 Å². The third-order valence-corrected chi connectivity index (χ3v) is 4.62. The van der Waals surface area contributed by atoms with Gasteiger partial charge in [0.2, 0.25) is 0 Å². The molecule has 3 nitrogen and oxygen atoms in total. The molecule has 0 amide bonds. The van der Waals surface area contributed by atoms with Gasteiger partial charge in [-0.05, 0) is 67.4 Å². The standard InChI is InChI=1S/C21H20F3NO2/c1-13-8-18-16(10-20(26)27-19(18)9-14(13)2)12-25(3)11-15-4-6-17(7-5-15)21(22,23)24/h4-10H,11-12H2,1-3H3. The van der Waals surface area contributed by atoms with Crippen molar-refractivity contribution >= 4 is 11.0 Å². The Morgan fingerprint density at radius 1 is 0.963 bits per heavy atom. The molecule has 0 saturated carbocycles. The van der Waals surface area contributed by atoms with Crippen molar-refractivity contribution in [3.05, 3.63) is 80.7 Å². The van der Waals surface area contributed by atoms with Crippen molar-refractivity contribution in [1.29, 1.82) is 0 Å². The van der Waals surface area contributed by atoms with E-state index >= 15 is 0 Å². The Morgan fingerprint density at radius 3 is 2.22 bits per heavy atom. The van der Waals surface area contributed by atoms with Crippen LogP contribution in [0.2, 0.25) is 0 Å². The van der Waals surface area contributed by atoms with Crippen LogP contribution in [0.25, 0.3) is 11.0 Å². The molecule has 0 unspecified atom stereocenters. The van der Waals surface area contributed by atoms with Crippen LogP contribution in [0.3, 0.4) is 0 Å². The number of aryl methyl sites for hydroxylation is 2. The van der Waals surface area contributed by atoms with Crippen molar-refractivity contribution in [2.45, 2.75) is 33.1 Å². The topological polar surface area (TPSA) is 33.5 Å². The first kappa shape index (κ1) is 19.2. The monoisotopic (exact) mass is 375 g/mol. The normalized spacial score (nSPS) is 12.1. The molecule has 1 heterocycles. The van der Waals surface area contributed by atoms with Crippen molar-refractivity contribution in [3.8, 4) is 0 Å². The Kier molecular flexibility index (Phi) is 5.11. The Morgan fingerprint density at radius 2 is 1.59 bits per heavy atom. The number of hydrogen-bond acceptors (Lipinski definition) is 3. The van der Waals surface area contributed by atoms with Crippen LogP contribution >= 0.6 is 0 Å². The molecule has 0 radical (unpaired) electrons. The molecular formula is C21H20F3NO2. The molecule has 0 atom stereocenters. The molecule has 142 valence electrons. The average molecular weight is 375 g/mol. The van der Waals surface area contributed by atoms with Crippen LogP contribution in [0.4, 0.5) is 13.2 Å². The summed E-state index contributed by atoms with van der Waals surface area (Å²) in [7, 11) is 1.86. The van der Waals surface area contributed by atoms with E-state index in [9.17, 15) is 18.0 Å². The Balaban J connectivity index is 1.83. The summed E-state index contributed by atoms with van der Waals surface area (Å²) in [4.78, 5) is 13.8. The third kappa shape index (κ3) is 4.39. The summed E-state index contributed by atoms with van der Waals surface area (Å²) in [6, 6.07) is 10.4. The van der Waals surface area contributed by atoms with Crippen LogP contribution in [-0.4, -0.2) is 11.9 Å². The molecule has 2 aromatic carbocycles. The molecule has 1 aromatic heterocycles. The van der Waals surface area contributed by atoms with Gasteiger partial charge in [-0.1, -0.05) is 12.1 Å². The largest absolute Gasteiger partial charge is 0.423 e. The lowest BCUT2D eigenvalue weighted by Gasteiger charge is -2.18. The minimum atomic E-state index is -4.34. The Labute approximate surface area is 155 Å². The van der Waals surface area contributed by atoms with Gasteiger partial charge in [0.1, 0.15) is 5.58 Å². The highest BCUT2D eigenvalue weighted by molar-refractivity contribution is 5.81. The average Bonchev–Trinajstić information content (AvgIpc) is 2.56. The van der Waals surface area contributed by atoms with Crippen LogP contribution in [-0.2, 0) is 19.3 Å². The number of fused-ring (bicyclic) bond motifs is 1. The zero-order valence-electron chi connectivity index (χ0n) is 15.4. The SMILES string of the molecule is Cc1cc2oc(=O)cc(CN(C)Cc3ccc(C(F)(F)F)cc3)c2cc1C. The van der Waals surface area contributed by atoms with Crippen LogP contribution < -0.4 is 5.63 Å². The third-order valence-electron chi connectivity index (χ3n) is 4.62. The van der Waals surface area contributed by atoms with Crippen LogP contribution in [0.1, 0.15) is 27.8 Å². The Hall–Kier alpha value is -2.60. The number of rotatable bonds is 4. The summed E-state index contributed by atoms with van der Waals surface area (Å²) in [6.07, 6.45) is -4.34. The molecule has 0 spiro atoms. The lowest BCUT2D eigenvalue weighted by Crippen LogP contribution is -2.18. The number of alkyl halides is 3. The van der Waals surface area contributed by atoms with Crippen molar-refractivity contribution in [3.63, 3.8) is 0 Å². The van der Waals surface area contributed by atoms with E-state index in [4.69, 9.17) is 4.42 Å². The predicted molar refractivity (Wildman–Crippen MR) is 98.6 cm³/mol. The molecule has 0 fully saturated rings. The first-order valence-electron chi connectivity index (χ1n) is 8.52. The molecule has 3 rings (SSSR count). The highest BCUT2D eigenvalue weighted by Gasteiger charge is 2.29. The minimum Gasteiger partial charge on any atom is -0.423 e. The first-order chi connectivity index (χ1) is 12.6. The fraction of sp³-hybridized carbons (Fsp3) is 0.286. The molecule has 0 bridgehead atoms. The fourth-order valence-corrected chi connectivity index (χ4v) is 3.07. The van der Waals surface area contributed by atoms with E-state index in [2.05, 4.69) is 0 Å². The van der Waals surface area contributed by atoms with Gasteiger partial charge < -0.3 is 4.42 Å². The maximum absolute atomic E-state index is 12.7. The second-order valence-electron chi connectivity index (χ2n) is 6.89. The summed E-state index contributed by atoms with van der Waals surface area (Å²) in [5.74, 6) is 0. The van der Waals surface area contributed by atoms with Gasteiger partial charge in [0, 0.05) is 24.5 Å². The van der Waals surface area contributed by atoms with Crippen LogP contribution in [0.5, 0.6) is 0 Å². The smallest absolute Gasteiger partial charge is 0.416 e. The van der Waals surface area contributed by atoms with Gasteiger partial charge in [0.15, 0.2) is 0 Å². The minimum absolute atomic E-state index is 0.413. The molecular weight excluding hydrogens is 355 g/mol. The molecule has 3 aromatic rings. The lowest BCUT2D eigenvalue weighted by atomic mass is 10.0. The predicted octanol–water partition coefficient (Wildman–Crippen LogP) is 5.06. The molecule has 0 saturated heterocycles. The lowest BCUT2D eigenvalue weighted by molar-refractivity contribution is -0.137. The second kappa shape index (κ2) is 7.19. The van der Waals surface area contributed by atoms with E-state index in [-0.39, 0.29) is 0 Å². The number of nitrogens with zero attached hydrogens (tertiary/aromatic N) is 1. The van der Waals surface area contributed by atoms with Gasteiger partial charge in [0.05, 0.1) is 5.56 Å². The number of hydrogen-bond donors (Lipinski definition) is 0. The first-order valence-corrected chi connectivity index (χ1v) is 8.52. The summed E-state index contributed by atoms with van der Waals surface area (Å²) in [5.41, 5.74) is 3.21. The molecule has 0 aliphatic heterocycles. The van der Waals surface area contributed by atoms with Crippen LogP contribution in [0, 0.1) is 13.8 Å². The van der Waals surface area contributed by atoms with Gasteiger partial charge in [-0.2, -0.15) is 13.2 Å². The summed E-state index contributed by atoms with van der Waals surface area (Å²) < 4.78 is 43.3. The second-order valence-corrected chi connectivity index (χ2v) is 6.89. The highest BCUT2D eigenvalue weighted by Crippen LogP contribution is 2.29. The maximum atomic E-state index is 12.7. The Bertz CT molecular complexity index is 1020. The highest BCUT2D eigenvalue weighted by atomic mass is 19.4. The van der Waals surface area contributed by atoms with Gasteiger partial charge in [-0.25, -0.2) is 4.79 Å². The maximum Gasteiger partial charge on any atom is 0.416 e. The van der Waals surface area contributed by atoms with Crippen LogP contribution in [0.15, 0.2) is 51.7 Å². The summed E-state index contributed by atoms with van der Waals surface area (Å²) in [5, 5.41) is 0.872. The van der Waals surface area contributed by atoms with E-state index in [0.717, 1.165) is 39.8 Å². The molecule has 27 heavy (non-hydrogen) atoms. The quantitative estimate of drug-likeness (QED) is 0.598. The van der Waals surface area contributed by atoms with E-state index in [1.807, 2.05) is 37.9 Å². The van der Waals surface area contributed by atoms with Gasteiger partial charge in [-0.15, -0.1) is 0 Å². The van der Waals surface area contributed by atoms with Gasteiger partial charge >= 0.3 is 11.8 Å². The van der Waals surface area contributed by atoms with Crippen molar-refractivity contribution in [2.75, 3.05) is 7.05 Å². The summed E-state index contributed by atoms with van der Waals surface area (Å²) in [6.45, 7) is 4.89. The van der Waals surface area contributed by atoms with Gasteiger partial charge in [0.25, 0.3) is 0 Å². The molecule has 0 N–H and O–H groups in total. The van der Waals surface area contributed by atoms with Gasteiger partial charge in [-0.3, -0.25) is 4.90 Å². The molecule has 6 heteroatoms. The van der Waals surface area contributed by atoms with Crippen molar-refractivity contribution < 1.29 is 17.6 Å². The van der Waals surface area contributed by atoms with Crippen molar-refractivity contribution in [2.24, 2.45) is 0 Å². The summed E-state index contributed by atoms with van der Waals surface area (Å²) >= 11 is 0. The number of halogens is 3. The zero-order chi connectivity index (χ0) is 19.8. The molecule has 0 aliphatic carbocycles. The van der Waals surface area contributed by atoms with E-state index in [1.165, 1.54) is 18.2 Å². The van der Waals surface area contributed by atoms with E-state index in [1.54, 1.807) is 0 Å². The van der Waals surface area contributed by atoms with Crippen molar-refractivity contribution in [1.82, 2.24) is 4.90 Å². The van der Waals surface area contributed by atoms with E-state index < -0.39 is 17.4 Å².